The van der Waals surface area contributed by atoms with E-state index in [4.69, 9.17) is 0 Å². The summed E-state index contributed by atoms with van der Waals surface area (Å²) in [6, 6.07) is 5.64. The van der Waals surface area contributed by atoms with E-state index in [9.17, 15) is 19.5 Å². The van der Waals surface area contributed by atoms with Crippen LogP contribution in [0.2, 0.25) is 0 Å². The number of carbonyl (C=O) groups is 3. The average Bonchev–Trinajstić information content (AvgIpc) is 3.12. The molecule has 0 aromatic heterocycles. The normalized spacial score (nSPS) is 36.4. The quantitative estimate of drug-likeness (QED) is 0.715. The Morgan fingerprint density at radius 1 is 0.939 bits per heavy atom. The molecule has 0 saturated heterocycles. The molecule has 6 nitrogen and oxygen atoms in total. The Morgan fingerprint density at radius 3 is 2.36 bits per heavy atom. The van der Waals surface area contributed by atoms with Crippen LogP contribution in [-0.4, -0.2) is 23.4 Å². The second kappa shape index (κ2) is 7.93. The van der Waals surface area contributed by atoms with Crippen LogP contribution >= 0.6 is 0 Å². The first-order valence-electron chi connectivity index (χ1n) is 12.1. The van der Waals surface area contributed by atoms with Gasteiger partial charge in [0.1, 0.15) is 5.78 Å². The van der Waals surface area contributed by atoms with Gasteiger partial charge in [0.05, 0.1) is 11.7 Å². The number of ketones is 1. The molecule has 33 heavy (non-hydrogen) atoms. The highest BCUT2D eigenvalue weighted by Crippen LogP contribution is 2.64. The van der Waals surface area contributed by atoms with Gasteiger partial charge in [0.25, 0.3) is 5.91 Å². The molecule has 0 unspecified atom stereocenters. The molecule has 0 spiro atoms. The fourth-order valence-electron chi connectivity index (χ4n) is 7.38. The molecule has 4 aliphatic rings. The third-order valence-electron chi connectivity index (χ3n) is 9.37. The Morgan fingerprint density at radius 2 is 1.64 bits per heavy atom. The monoisotopic (exact) mass is 447 g/mol. The highest BCUT2D eigenvalue weighted by atomic mass is 16.4. The fourth-order valence-corrected chi connectivity index (χ4v) is 7.38. The number of nitrogens with zero attached hydrogens (tertiary/aromatic N) is 1. The van der Waals surface area contributed by atoms with Gasteiger partial charge in [-0.05, 0) is 91.9 Å². The molecule has 1 amide bonds. The molecule has 0 bridgehead atoms. The van der Waals surface area contributed by atoms with Crippen LogP contribution in [0.5, 0.6) is 0 Å². The Kier molecular flexibility index (Phi) is 5.30. The third kappa shape index (κ3) is 3.54. The van der Waals surface area contributed by atoms with Crippen molar-refractivity contribution in [3.63, 3.8) is 0 Å². The molecule has 5 atom stereocenters. The van der Waals surface area contributed by atoms with E-state index in [-0.39, 0.29) is 22.3 Å². The van der Waals surface area contributed by atoms with Crippen LogP contribution in [0.4, 0.5) is 0 Å². The lowest BCUT2D eigenvalue weighted by molar-refractivity contribution is -0.255. The van der Waals surface area contributed by atoms with Gasteiger partial charge in [0.2, 0.25) is 0 Å². The van der Waals surface area contributed by atoms with Gasteiger partial charge < -0.3 is 9.90 Å². The first-order valence-corrected chi connectivity index (χ1v) is 12.1. The molecular formula is C27H31N2O4-. The molecule has 0 radical (unpaired) electrons. The summed E-state index contributed by atoms with van der Waals surface area (Å²) >= 11 is 0. The molecule has 174 valence electrons. The minimum Gasteiger partial charge on any atom is -0.545 e. The number of carboxylic acids is 1. The first-order chi connectivity index (χ1) is 15.7. The van der Waals surface area contributed by atoms with Gasteiger partial charge in [0.15, 0.2) is 0 Å². The van der Waals surface area contributed by atoms with E-state index >= 15 is 0 Å². The summed E-state index contributed by atoms with van der Waals surface area (Å²) < 4.78 is 0. The predicted molar refractivity (Wildman–Crippen MR) is 122 cm³/mol. The van der Waals surface area contributed by atoms with Gasteiger partial charge in [-0.25, -0.2) is 5.43 Å². The summed E-state index contributed by atoms with van der Waals surface area (Å²) in [5.74, 6) is 0.663. The molecule has 5 rings (SSSR count). The van der Waals surface area contributed by atoms with Crippen LogP contribution < -0.4 is 10.5 Å². The standard InChI is InChI=1S/C27H32N2O4/c1-26-13-11-19(28-29-24(31)16-3-5-17(6-4-16)25(32)33)15-18(26)7-8-20-21-9-10-23(30)27(21,2)14-12-22(20)26/h3-6,15,20-22H,7-14H2,1-2H3,(H,29,31)(H,32,33)/p-1/b28-19+/t20-,21-,22+,26+,27+/m0/s1. The summed E-state index contributed by atoms with van der Waals surface area (Å²) in [7, 11) is 0. The number of hydrogen-bond donors (Lipinski definition) is 1. The molecule has 4 aliphatic carbocycles. The number of hydrazone groups is 1. The van der Waals surface area contributed by atoms with Crippen molar-refractivity contribution in [3.05, 3.63) is 47.0 Å². The largest absolute Gasteiger partial charge is 0.545 e. The van der Waals surface area contributed by atoms with Crippen LogP contribution in [0.25, 0.3) is 0 Å². The fraction of sp³-hybridized carbons (Fsp3) is 0.556. The Bertz CT molecular complexity index is 1070. The summed E-state index contributed by atoms with van der Waals surface area (Å²) in [5, 5.41) is 15.3. The topological polar surface area (TPSA) is 98.7 Å². The summed E-state index contributed by atoms with van der Waals surface area (Å²) in [5.41, 5.74) is 5.40. The highest BCUT2D eigenvalue weighted by Gasteiger charge is 2.58. The highest BCUT2D eigenvalue weighted by molar-refractivity contribution is 6.00. The van der Waals surface area contributed by atoms with E-state index < -0.39 is 5.97 Å². The predicted octanol–water partition coefficient (Wildman–Crippen LogP) is 3.67. The Hall–Kier alpha value is -2.76. The number of benzene rings is 1. The van der Waals surface area contributed by atoms with Gasteiger partial charge >= 0.3 is 0 Å². The second-order valence-electron chi connectivity index (χ2n) is 10.8. The zero-order valence-corrected chi connectivity index (χ0v) is 19.4. The second-order valence-corrected chi connectivity index (χ2v) is 10.8. The van der Waals surface area contributed by atoms with Gasteiger partial charge in [-0.2, -0.15) is 5.10 Å². The molecule has 3 saturated carbocycles. The van der Waals surface area contributed by atoms with Gasteiger partial charge in [-0.3, -0.25) is 9.59 Å². The lowest BCUT2D eigenvalue weighted by Gasteiger charge is -2.57. The SMILES string of the molecule is C[C@@]12CC[C@@H]3[C@@H](CCC4=C/C(=N/NC(=O)c5ccc(C(=O)[O-])cc5)CC[C@]43C)[C@@H]1CCC2=O. The summed E-state index contributed by atoms with van der Waals surface area (Å²) in [6.07, 6.45) is 10.2. The maximum Gasteiger partial charge on any atom is 0.271 e. The molecule has 0 heterocycles. The van der Waals surface area contributed by atoms with Crippen molar-refractivity contribution in [1.29, 1.82) is 0 Å². The lowest BCUT2D eigenvalue weighted by atomic mass is 9.47. The molecular weight excluding hydrogens is 416 g/mol. The zero-order valence-electron chi connectivity index (χ0n) is 19.4. The molecule has 1 N–H and O–H groups in total. The number of hydrogen-bond acceptors (Lipinski definition) is 5. The minimum atomic E-state index is -1.27. The van der Waals surface area contributed by atoms with E-state index in [0.29, 0.717) is 29.1 Å². The number of fused-ring (bicyclic) bond motifs is 5. The number of carboxylic acid groups (broad SMARTS) is 1. The molecule has 6 heteroatoms. The number of Topliss-reactive ketones (excluding diaryl/α,β-unsaturated/α-hetero) is 1. The van der Waals surface area contributed by atoms with Crippen molar-refractivity contribution in [1.82, 2.24) is 5.43 Å². The molecule has 1 aromatic carbocycles. The lowest BCUT2D eigenvalue weighted by Crippen LogP contribution is -2.50. The van der Waals surface area contributed by atoms with Crippen molar-refractivity contribution in [3.8, 4) is 0 Å². The number of amides is 1. The number of rotatable bonds is 3. The van der Waals surface area contributed by atoms with Crippen LogP contribution in [0.1, 0.15) is 85.9 Å². The van der Waals surface area contributed by atoms with Crippen molar-refractivity contribution >= 4 is 23.4 Å². The van der Waals surface area contributed by atoms with Gasteiger partial charge in [-0.1, -0.05) is 31.6 Å². The summed E-state index contributed by atoms with van der Waals surface area (Å²) in [6.45, 7) is 4.63. The van der Waals surface area contributed by atoms with Crippen LogP contribution in [-0.2, 0) is 4.79 Å². The van der Waals surface area contributed by atoms with E-state index in [1.807, 2.05) is 0 Å². The van der Waals surface area contributed by atoms with Gasteiger partial charge in [0, 0.05) is 17.4 Å². The van der Waals surface area contributed by atoms with Crippen LogP contribution in [0, 0.1) is 28.6 Å². The van der Waals surface area contributed by atoms with E-state index in [2.05, 4.69) is 30.5 Å². The van der Waals surface area contributed by atoms with Crippen LogP contribution in [0.15, 0.2) is 41.0 Å². The average molecular weight is 448 g/mol. The smallest absolute Gasteiger partial charge is 0.271 e. The first kappa shape index (κ1) is 22.1. The molecule has 0 aliphatic heterocycles. The van der Waals surface area contributed by atoms with Crippen molar-refractivity contribution in [2.24, 2.45) is 33.7 Å². The Labute approximate surface area is 194 Å². The van der Waals surface area contributed by atoms with Crippen molar-refractivity contribution < 1.29 is 19.5 Å². The molecule has 1 aromatic rings. The maximum atomic E-state index is 12.6. The maximum absolute atomic E-state index is 12.6. The number of carbonyl (C=O) groups excluding carboxylic acids is 3. The van der Waals surface area contributed by atoms with Crippen molar-refractivity contribution in [2.45, 2.75) is 65.2 Å². The molecule has 3 fully saturated rings. The number of allylic oxidation sites excluding steroid dienone is 2. The van der Waals surface area contributed by atoms with Crippen LogP contribution in [0.3, 0.4) is 0 Å². The zero-order chi connectivity index (χ0) is 23.4. The van der Waals surface area contributed by atoms with E-state index in [1.54, 1.807) is 0 Å². The third-order valence-corrected chi connectivity index (χ3v) is 9.37. The van der Waals surface area contributed by atoms with Gasteiger partial charge in [-0.15, -0.1) is 0 Å². The number of nitrogens with one attached hydrogen (secondary N) is 1. The van der Waals surface area contributed by atoms with Crippen molar-refractivity contribution in [2.75, 3.05) is 0 Å². The van der Waals surface area contributed by atoms with E-state index in [0.717, 1.165) is 57.1 Å². The number of aromatic carboxylic acids is 1. The Balaban J connectivity index is 1.30. The summed E-state index contributed by atoms with van der Waals surface area (Å²) in [4.78, 5) is 35.9. The minimum absolute atomic E-state index is 0.0368. The van der Waals surface area contributed by atoms with E-state index in [1.165, 1.54) is 29.8 Å².